The van der Waals surface area contributed by atoms with Crippen molar-refractivity contribution in [1.29, 1.82) is 0 Å². The summed E-state index contributed by atoms with van der Waals surface area (Å²) in [5, 5.41) is 0.205. The molecule has 0 aliphatic carbocycles. The Morgan fingerprint density at radius 1 is 1.28 bits per heavy atom. The standard InChI is InChI=1S/C23H19ClF2N2O4/c24-16-5-3-15(4-6-16)23(25,26)19(29)9-2-13-1-7-17-14(11-13)12-28(22(17)32)18-8-10-20(30)27-21(18)31/h1,3-7,11,18H,2,8-10,12H2,(H,27,30,31)/t18-/m0/s1/i2D,8D,18D/hD/t2?,8?,18-. The highest BCUT2D eigenvalue weighted by Gasteiger charge is 2.41. The van der Waals surface area contributed by atoms with Gasteiger partial charge in [-0.1, -0.05) is 35.9 Å². The second-order valence-electron chi connectivity index (χ2n) is 7.32. The fraction of sp³-hybridized carbons (Fsp3) is 0.304. The molecule has 1 saturated heterocycles. The van der Waals surface area contributed by atoms with Gasteiger partial charge in [-0.05, 0) is 42.1 Å². The molecule has 166 valence electrons. The molecule has 1 N–H and O–H groups in total. The fourth-order valence-electron chi connectivity index (χ4n) is 3.53. The van der Waals surface area contributed by atoms with E-state index in [0.717, 1.165) is 17.0 Å². The van der Waals surface area contributed by atoms with Gasteiger partial charge in [-0.15, -0.1) is 0 Å². The highest BCUT2D eigenvalue weighted by atomic mass is 35.5. The number of piperidine rings is 1. The molecule has 9 heteroatoms. The second kappa shape index (κ2) is 8.43. The molecule has 0 spiro atoms. The number of carbonyl (C=O) groups excluding carboxylic acids is 4. The summed E-state index contributed by atoms with van der Waals surface area (Å²) in [7, 11) is 0. The average molecular weight is 465 g/mol. The quantitative estimate of drug-likeness (QED) is 0.664. The van der Waals surface area contributed by atoms with E-state index in [0.29, 0.717) is 0 Å². The Hall–Kier alpha value is -3.13. The third-order valence-corrected chi connectivity index (χ3v) is 5.47. The maximum absolute atomic E-state index is 14.6. The van der Waals surface area contributed by atoms with Gasteiger partial charge in [0.25, 0.3) is 5.91 Å². The maximum atomic E-state index is 14.6. The van der Waals surface area contributed by atoms with E-state index in [-0.39, 0.29) is 33.6 Å². The summed E-state index contributed by atoms with van der Waals surface area (Å²) >= 11 is 5.71. The molecular formula is C23H19ClF2N2O4. The zero-order valence-electron chi connectivity index (χ0n) is 20.5. The molecule has 0 aromatic heterocycles. The Morgan fingerprint density at radius 2 is 2.00 bits per heavy atom. The molecule has 2 aliphatic heterocycles. The van der Waals surface area contributed by atoms with Crippen LogP contribution >= 0.6 is 11.6 Å². The van der Waals surface area contributed by atoms with Gasteiger partial charge in [-0.2, -0.15) is 8.78 Å². The predicted molar refractivity (Wildman–Crippen MR) is 111 cm³/mol. The minimum Gasteiger partial charge on any atom is -0.322 e. The summed E-state index contributed by atoms with van der Waals surface area (Å²) in [4.78, 5) is 50.3. The van der Waals surface area contributed by atoms with Gasteiger partial charge in [0.2, 0.25) is 17.6 Å². The Morgan fingerprint density at radius 3 is 2.72 bits per heavy atom. The lowest BCUT2D eigenvalue weighted by Gasteiger charge is -2.29. The molecule has 2 aromatic carbocycles. The number of benzene rings is 2. The predicted octanol–water partition coefficient (Wildman–Crippen LogP) is 3.39. The smallest absolute Gasteiger partial charge is 0.322 e. The number of nitrogens with one attached hydrogen (secondary N) is 1. The van der Waals surface area contributed by atoms with Crippen LogP contribution in [0.1, 0.15) is 50.4 Å². The van der Waals surface area contributed by atoms with Crippen molar-refractivity contribution in [2.75, 3.05) is 0 Å². The van der Waals surface area contributed by atoms with Gasteiger partial charge >= 0.3 is 5.92 Å². The van der Waals surface area contributed by atoms with E-state index in [2.05, 4.69) is 0 Å². The summed E-state index contributed by atoms with van der Waals surface area (Å²) < 4.78 is 61.7. The van der Waals surface area contributed by atoms with E-state index in [9.17, 15) is 28.0 Å². The SMILES string of the molecule is [2H]C(CC(=O)C(F)(F)c1ccc(Cl)cc1)c1ccc2c(c1)CN([C@]1([2H])C(=O)N([2H])C(=O)CC1[2H])C2=O. The van der Waals surface area contributed by atoms with Crippen LogP contribution in [0.3, 0.4) is 0 Å². The molecular weight excluding hydrogens is 442 g/mol. The number of ketones is 1. The third-order valence-electron chi connectivity index (χ3n) is 5.22. The Kier molecular flexibility index (Phi) is 4.59. The molecule has 2 aromatic rings. The zero-order valence-corrected chi connectivity index (χ0v) is 17.2. The maximum Gasteiger partial charge on any atom is 0.330 e. The number of hydrogen-bond acceptors (Lipinski definition) is 4. The highest BCUT2D eigenvalue weighted by Crippen LogP contribution is 2.32. The molecule has 32 heavy (non-hydrogen) atoms. The topological polar surface area (TPSA) is 83.6 Å². The van der Waals surface area contributed by atoms with E-state index in [4.69, 9.17) is 17.1 Å². The van der Waals surface area contributed by atoms with Gasteiger partial charge in [-0.3, -0.25) is 24.5 Å². The first-order valence-corrected chi connectivity index (χ1v) is 9.99. The minimum atomic E-state index is -3.84. The molecule has 3 amide bonds. The van der Waals surface area contributed by atoms with Gasteiger partial charge in [0, 0.05) is 38.3 Å². The van der Waals surface area contributed by atoms with Crippen LogP contribution in [-0.4, -0.2) is 34.4 Å². The first-order valence-electron chi connectivity index (χ1n) is 11.7. The average Bonchev–Trinajstić information content (AvgIpc) is 3.17. The third kappa shape index (κ3) is 4.14. The largest absolute Gasteiger partial charge is 0.330 e. The summed E-state index contributed by atoms with van der Waals surface area (Å²) in [6, 6.07) is 5.99. The van der Waals surface area contributed by atoms with Gasteiger partial charge < -0.3 is 4.90 Å². The summed E-state index contributed by atoms with van der Waals surface area (Å²) in [6.07, 6.45) is -4.43. The number of imide groups is 1. The molecule has 1 fully saturated rings. The second-order valence-corrected chi connectivity index (χ2v) is 7.76. The lowest BCUT2D eigenvalue weighted by Crippen LogP contribution is -2.52. The molecule has 3 atom stereocenters. The normalized spacial score (nSPS) is 26.2. The van der Waals surface area contributed by atoms with Crippen LogP contribution < -0.4 is 5.31 Å². The Labute approximate surface area is 193 Å². The monoisotopic (exact) mass is 464 g/mol. The van der Waals surface area contributed by atoms with Gasteiger partial charge in [0.05, 0.1) is 1.37 Å². The van der Waals surface area contributed by atoms with Crippen molar-refractivity contribution in [2.45, 2.75) is 44.1 Å². The van der Waals surface area contributed by atoms with Crippen LogP contribution in [0.15, 0.2) is 42.5 Å². The van der Waals surface area contributed by atoms with Crippen molar-refractivity contribution in [3.05, 3.63) is 69.7 Å². The number of alkyl halides is 2. The van der Waals surface area contributed by atoms with Crippen LogP contribution in [0.4, 0.5) is 8.78 Å². The number of amides is 3. The van der Waals surface area contributed by atoms with E-state index in [1.54, 1.807) is 0 Å². The van der Waals surface area contributed by atoms with Crippen molar-refractivity contribution in [1.82, 2.24) is 10.2 Å². The molecule has 2 heterocycles. The molecule has 6 nitrogen and oxygen atoms in total. The number of hydrogen-bond donors (Lipinski definition) is 1. The van der Waals surface area contributed by atoms with Gasteiger partial charge in [-0.25, -0.2) is 0 Å². The van der Waals surface area contributed by atoms with Gasteiger partial charge in [0.1, 0.15) is 6.02 Å². The van der Waals surface area contributed by atoms with Crippen LogP contribution in [-0.2, 0) is 33.2 Å². The van der Waals surface area contributed by atoms with Crippen molar-refractivity contribution in [3.63, 3.8) is 0 Å². The molecule has 0 radical (unpaired) electrons. The molecule has 4 rings (SSSR count). The number of Topliss-reactive ketones (excluding diaryl/α,β-unsaturated/α-hetero) is 1. The first kappa shape index (κ1) is 17.4. The van der Waals surface area contributed by atoms with Crippen LogP contribution in [0.25, 0.3) is 0 Å². The number of nitrogens with zero attached hydrogens (tertiary/aromatic N) is 1. The number of carbonyl (C=O) groups is 4. The van der Waals surface area contributed by atoms with Crippen molar-refractivity contribution >= 4 is 35.1 Å². The van der Waals surface area contributed by atoms with E-state index < -0.39 is 66.6 Å². The minimum absolute atomic E-state index is 0.0218. The van der Waals surface area contributed by atoms with Crippen molar-refractivity contribution < 1.29 is 33.5 Å². The van der Waals surface area contributed by atoms with E-state index >= 15 is 0 Å². The molecule has 2 aliphatic rings. The van der Waals surface area contributed by atoms with Crippen molar-refractivity contribution in [2.24, 2.45) is 0 Å². The van der Waals surface area contributed by atoms with Gasteiger partial charge in [0.15, 0.2) is 1.41 Å². The highest BCUT2D eigenvalue weighted by molar-refractivity contribution is 6.30. The van der Waals surface area contributed by atoms with Crippen molar-refractivity contribution in [3.8, 4) is 0 Å². The van der Waals surface area contributed by atoms with Crippen LogP contribution in [0.5, 0.6) is 0 Å². The lowest BCUT2D eigenvalue weighted by atomic mass is 9.97. The van der Waals surface area contributed by atoms with Crippen LogP contribution in [0.2, 0.25) is 6.43 Å². The van der Waals surface area contributed by atoms with Crippen LogP contribution in [0, 0.1) is 0 Å². The summed E-state index contributed by atoms with van der Waals surface area (Å²) in [5.74, 6) is -8.36. The van der Waals surface area contributed by atoms with E-state index in [1.165, 1.54) is 30.3 Å². The fourth-order valence-corrected chi connectivity index (χ4v) is 3.66. The molecule has 0 saturated carbocycles. The lowest BCUT2D eigenvalue weighted by molar-refractivity contribution is -0.144. The molecule has 2 unspecified atom stereocenters. The Balaban J connectivity index is 1.54. The number of halogens is 3. The number of fused-ring (bicyclic) bond motifs is 1. The summed E-state index contributed by atoms with van der Waals surface area (Å²) in [6.45, 7) is -0.323. The molecule has 0 bridgehead atoms. The number of rotatable bonds is 6. The number of aryl methyl sites for hydroxylation is 1. The zero-order chi connectivity index (χ0) is 26.6. The first-order chi connectivity index (χ1) is 16.8. The Bertz CT molecular complexity index is 1280. The van der Waals surface area contributed by atoms with E-state index in [1.807, 2.05) is 0 Å². The summed E-state index contributed by atoms with van der Waals surface area (Å²) in [5.41, 5.74) is -0.0445.